The summed E-state index contributed by atoms with van der Waals surface area (Å²) in [5.41, 5.74) is 2.23. The smallest absolute Gasteiger partial charge is 0.293 e. The predicted molar refractivity (Wildman–Crippen MR) is 73.5 cm³/mol. The SMILES string of the molecule is Cn1ccnc(N2C3CCC2c2cncnc2C3)c1=O. The molecule has 0 spiro atoms. The Balaban J connectivity index is 1.86. The standard InChI is InChI=1S/C14H15N5O/c1-18-5-4-16-13(14(18)20)19-9-2-3-12(19)10-7-15-8-17-11(10)6-9/h4-5,7-9,12H,2-3,6H2,1H3. The third-order valence-corrected chi connectivity index (χ3v) is 4.36. The summed E-state index contributed by atoms with van der Waals surface area (Å²) >= 11 is 0. The molecule has 2 unspecified atom stereocenters. The van der Waals surface area contributed by atoms with Gasteiger partial charge in [0.05, 0.1) is 11.7 Å². The lowest BCUT2D eigenvalue weighted by molar-refractivity contribution is 0.571. The average molecular weight is 269 g/mol. The first-order chi connectivity index (χ1) is 9.75. The number of aromatic nitrogens is 4. The van der Waals surface area contributed by atoms with Gasteiger partial charge in [-0.2, -0.15) is 0 Å². The fourth-order valence-electron chi connectivity index (χ4n) is 3.41. The van der Waals surface area contributed by atoms with Gasteiger partial charge in [0.25, 0.3) is 5.56 Å². The Morgan fingerprint density at radius 3 is 3.10 bits per heavy atom. The van der Waals surface area contributed by atoms with E-state index in [0.29, 0.717) is 11.9 Å². The minimum Gasteiger partial charge on any atom is -0.341 e. The Morgan fingerprint density at radius 1 is 1.30 bits per heavy atom. The summed E-state index contributed by atoms with van der Waals surface area (Å²) in [6.07, 6.45) is 9.84. The minimum absolute atomic E-state index is 0.0373. The molecule has 1 fully saturated rings. The normalized spacial score (nSPS) is 23.8. The molecule has 2 aromatic rings. The molecule has 2 aliphatic heterocycles. The van der Waals surface area contributed by atoms with E-state index in [9.17, 15) is 4.79 Å². The molecule has 2 atom stereocenters. The highest BCUT2D eigenvalue weighted by Gasteiger charge is 2.42. The number of rotatable bonds is 1. The van der Waals surface area contributed by atoms with Crippen molar-refractivity contribution < 1.29 is 0 Å². The summed E-state index contributed by atoms with van der Waals surface area (Å²) in [7, 11) is 1.76. The monoisotopic (exact) mass is 269 g/mol. The highest BCUT2D eigenvalue weighted by molar-refractivity contribution is 5.48. The van der Waals surface area contributed by atoms with Gasteiger partial charge < -0.3 is 9.47 Å². The van der Waals surface area contributed by atoms with Crippen molar-refractivity contribution in [3.8, 4) is 0 Å². The van der Waals surface area contributed by atoms with Gasteiger partial charge in [0.1, 0.15) is 6.33 Å². The van der Waals surface area contributed by atoms with Crippen LogP contribution in [0.3, 0.4) is 0 Å². The first kappa shape index (κ1) is 11.6. The van der Waals surface area contributed by atoms with E-state index in [0.717, 1.165) is 30.5 Å². The van der Waals surface area contributed by atoms with Gasteiger partial charge in [0.2, 0.25) is 0 Å². The zero-order valence-corrected chi connectivity index (χ0v) is 11.2. The summed E-state index contributed by atoms with van der Waals surface area (Å²) in [6.45, 7) is 0. The highest BCUT2D eigenvalue weighted by Crippen LogP contribution is 2.43. The van der Waals surface area contributed by atoms with Crippen LogP contribution in [-0.2, 0) is 13.5 Å². The van der Waals surface area contributed by atoms with Crippen molar-refractivity contribution in [1.82, 2.24) is 19.5 Å². The highest BCUT2D eigenvalue weighted by atomic mass is 16.1. The molecule has 0 aliphatic carbocycles. The Kier molecular flexibility index (Phi) is 2.39. The van der Waals surface area contributed by atoms with Crippen LogP contribution in [0, 0.1) is 0 Å². The van der Waals surface area contributed by atoms with Crippen LogP contribution in [0.1, 0.15) is 30.1 Å². The molecule has 6 heteroatoms. The van der Waals surface area contributed by atoms with Gasteiger partial charge in [0, 0.05) is 43.7 Å². The quantitative estimate of drug-likeness (QED) is 0.767. The maximum absolute atomic E-state index is 12.3. The van der Waals surface area contributed by atoms with E-state index < -0.39 is 0 Å². The molecule has 0 amide bonds. The summed E-state index contributed by atoms with van der Waals surface area (Å²) in [4.78, 5) is 27.4. The molecule has 102 valence electrons. The molecule has 2 aliphatic rings. The fourth-order valence-corrected chi connectivity index (χ4v) is 3.41. The van der Waals surface area contributed by atoms with Crippen LogP contribution in [0.25, 0.3) is 0 Å². The molecule has 0 aromatic carbocycles. The summed E-state index contributed by atoms with van der Waals surface area (Å²) in [5, 5.41) is 0. The van der Waals surface area contributed by atoms with E-state index in [1.54, 1.807) is 30.3 Å². The number of anilines is 1. The number of hydrogen-bond donors (Lipinski definition) is 0. The molecule has 4 rings (SSSR count). The van der Waals surface area contributed by atoms with Crippen molar-refractivity contribution >= 4 is 5.82 Å². The summed E-state index contributed by atoms with van der Waals surface area (Å²) in [5.74, 6) is 0.553. The Labute approximate surface area is 116 Å². The van der Waals surface area contributed by atoms with Crippen molar-refractivity contribution in [2.24, 2.45) is 7.05 Å². The zero-order valence-electron chi connectivity index (χ0n) is 11.2. The topological polar surface area (TPSA) is 63.9 Å². The van der Waals surface area contributed by atoms with Gasteiger partial charge in [-0.05, 0) is 12.8 Å². The van der Waals surface area contributed by atoms with Crippen molar-refractivity contribution in [2.75, 3.05) is 4.90 Å². The number of nitrogens with zero attached hydrogens (tertiary/aromatic N) is 5. The van der Waals surface area contributed by atoms with Crippen LogP contribution in [0.4, 0.5) is 5.82 Å². The van der Waals surface area contributed by atoms with Gasteiger partial charge in [-0.15, -0.1) is 0 Å². The van der Waals surface area contributed by atoms with Gasteiger partial charge in [-0.3, -0.25) is 4.79 Å². The second kappa shape index (κ2) is 4.13. The molecule has 2 aromatic heterocycles. The van der Waals surface area contributed by atoms with E-state index in [1.807, 2.05) is 6.20 Å². The van der Waals surface area contributed by atoms with Crippen LogP contribution in [0.2, 0.25) is 0 Å². The molecular weight excluding hydrogens is 254 g/mol. The first-order valence-electron chi connectivity index (χ1n) is 6.84. The largest absolute Gasteiger partial charge is 0.341 e. The Morgan fingerprint density at radius 2 is 2.20 bits per heavy atom. The summed E-state index contributed by atoms with van der Waals surface area (Å²) < 4.78 is 1.58. The second-order valence-corrected chi connectivity index (χ2v) is 5.45. The molecule has 4 heterocycles. The summed E-state index contributed by atoms with van der Waals surface area (Å²) in [6, 6.07) is 0.512. The minimum atomic E-state index is -0.0373. The first-order valence-corrected chi connectivity index (χ1v) is 6.84. The van der Waals surface area contributed by atoms with Crippen LogP contribution in [0.15, 0.2) is 29.7 Å². The fraction of sp³-hybridized carbons (Fsp3) is 0.429. The van der Waals surface area contributed by atoms with Gasteiger partial charge >= 0.3 is 0 Å². The lowest BCUT2D eigenvalue weighted by Gasteiger charge is -2.35. The molecule has 0 saturated carbocycles. The Hall–Kier alpha value is -2.24. The molecule has 20 heavy (non-hydrogen) atoms. The van der Waals surface area contributed by atoms with Crippen LogP contribution >= 0.6 is 0 Å². The predicted octanol–water partition coefficient (Wildman–Crippen LogP) is 0.837. The second-order valence-electron chi connectivity index (χ2n) is 5.45. The third kappa shape index (κ3) is 1.51. The van der Waals surface area contributed by atoms with Crippen molar-refractivity contribution in [2.45, 2.75) is 31.3 Å². The van der Waals surface area contributed by atoms with Crippen molar-refractivity contribution in [3.63, 3.8) is 0 Å². The average Bonchev–Trinajstić information content (AvgIpc) is 2.77. The molecule has 2 bridgehead atoms. The maximum Gasteiger partial charge on any atom is 0.293 e. The van der Waals surface area contributed by atoms with Crippen molar-refractivity contribution in [3.05, 3.63) is 46.5 Å². The van der Waals surface area contributed by atoms with Crippen LogP contribution < -0.4 is 10.5 Å². The van der Waals surface area contributed by atoms with E-state index in [1.165, 1.54) is 0 Å². The number of fused-ring (bicyclic) bond motifs is 4. The number of aryl methyl sites for hydroxylation is 1. The Bertz CT molecular complexity index is 725. The lowest BCUT2D eigenvalue weighted by atomic mass is 9.99. The molecule has 1 saturated heterocycles. The molecule has 6 nitrogen and oxygen atoms in total. The molecule has 0 N–H and O–H groups in total. The zero-order chi connectivity index (χ0) is 13.7. The molecule has 0 radical (unpaired) electrons. The van der Waals surface area contributed by atoms with Gasteiger partial charge in [0.15, 0.2) is 5.82 Å². The van der Waals surface area contributed by atoms with Crippen LogP contribution in [-0.4, -0.2) is 25.6 Å². The van der Waals surface area contributed by atoms with Gasteiger partial charge in [-0.1, -0.05) is 0 Å². The molecular formula is C14H15N5O. The number of hydrogen-bond acceptors (Lipinski definition) is 5. The van der Waals surface area contributed by atoms with Crippen molar-refractivity contribution in [1.29, 1.82) is 0 Å². The van der Waals surface area contributed by atoms with E-state index in [4.69, 9.17) is 0 Å². The van der Waals surface area contributed by atoms with Crippen LogP contribution in [0.5, 0.6) is 0 Å². The van der Waals surface area contributed by atoms with E-state index >= 15 is 0 Å². The van der Waals surface area contributed by atoms with Gasteiger partial charge in [-0.25, -0.2) is 15.0 Å². The third-order valence-electron chi connectivity index (χ3n) is 4.36. The van der Waals surface area contributed by atoms with E-state index in [-0.39, 0.29) is 11.6 Å². The maximum atomic E-state index is 12.3. The lowest BCUT2D eigenvalue weighted by Crippen LogP contribution is -2.42. The van der Waals surface area contributed by atoms with E-state index in [2.05, 4.69) is 19.9 Å².